The van der Waals surface area contributed by atoms with E-state index >= 15 is 0 Å². The Morgan fingerprint density at radius 1 is 1.36 bits per heavy atom. The molecule has 0 fully saturated rings. The summed E-state index contributed by atoms with van der Waals surface area (Å²) in [6.45, 7) is 0. The van der Waals surface area contributed by atoms with Gasteiger partial charge in [-0.15, -0.1) is 0 Å². The molecule has 1 heterocycles. The number of hydrogen-bond donors (Lipinski definition) is 0. The number of aromatic nitrogens is 1. The molecule has 52 valence electrons. The van der Waals surface area contributed by atoms with Crippen molar-refractivity contribution in [3.8, 4) is 0 Å². The summed E-state index contributed by atoms with van der Waals surface area (Å²) >= 11 is 0. The van der Waals surface area contributed by atoms with E-state index in [2.05, 4.69) is 5.06 Å². The Morgan fingerprint density at radius 2 is 2.18 bits per heavy atom. The van der Waals surface area contributed by atoms with Gasteiger partial charge in [0, 0.05) is 0 Å². The molecule has 2 rings (SSSR count). The van der Waals surface area contributed by atoms with Gasteiger partial charge >= 0.3 is 62.0 Å². The van der Waals surface area contributed by atoms with Crippen LogP contribution in [0.25, 0.3) is 11.0 Å². The van der Waals surface area contributed by atoms with Crippen molar-refractivity contribution in [2.75, 3.05) is 0 Å². The molecule has 0 aliphatic heterocycles. The van der Waals surface area contributed by atoms with Crippen LogP contribution in [0.2, 0.25) is 0 Å². The van der Waals surface area contributed by atoms with Crippen LogP contribution in [0.3, 0.4) is 0 Å². The molecular formula is C7H4BNO2. The normalized spacial score (nSPS) is 9.82. The number of rotatable bonds is 0. The van der Waals surface area contributed by atoms with Gasteiger partial charge in [0.25, 0.3) is 0 Å². The maximum atomic E-state index is 11.1. The van der Waals surface area contributed by atoms with Crippen molar-refractivity contribution in [3.05, 3.63) is 34.4 Å². The summed E-state index contributed by atoms with van der Waals surface area (Å²) in [6.07, 6.45) is 0. The molecule has 0 N–H and O–H groups in total. The van der Waals surface area contributed by atoms with Crippen molar-refractivity contribution in [1.82, 2.24) is 5.06 Å². The van der Waals surface area contributed by atoms with Gasteiger partial charge in [-0.3, -0.25) is 0 Å². The van der Waals surface area contributed by atoms with Crippen molar-refractivity contribution in [2.45, 2.75) is 0 Å². The molecule has 4 heteroatoms. The maximum absolute atomic E-state index is 11.1. The Kier molecular flexibility index (Phi) is 1.32. The molecule has 0 spiro atoms. The molecule has 0 atom stereocenters. The Labute approximate surface area is 62.9 Å². The summed E-state index contributed by atoms with van der Waals surface area (Å²) < 4.78 is 4.84. The Balaban J connectivity index is 3.03. The van der Waals surface area contributed by atoms with Crippen LogP contribution < -0.4 is 5.32 Å². The third kappa shape index (κ3) is 0.961. The minimum atomic E-state index is -0.105. The van der Waals surface area contributed by atoms with E-state index in [9.17, 15) is 4.79 Å². The summed E-state index contributed by atoms with van der Waals surface area (Å²) in [4.78, 5) is 11.1. The summed E-state index contributed by atoms with van der Waals surface area (Å²) in [5, 5.41) is 3.89. The number of hydrogen-bond acceptors (Lipinski definition) is 3. The van der Waals surface area contributed by atoms with E-state index in [4.69, 9.17) is 4.52 Å². The second-order valence-corrected chi connectivity index (χ2v) is 2.19. The zero-order valence-corrected chi connectivity index (χ0v) is 5.65. The van der Waals surface area contributed by atoms with Gasteiger partial charge in [0.2, 0.25) is 0 Å². The summed E-state index contributed by atoms with van der Waals surface area (Å²) in [5.41, 5.74) is 0.528. The molecule has 2 aromatic rings. The second-order valence-electron chi connectivity index (χ2n) is 2.19. The first-order valence-electron chi connectivity index (χ1n) is 3.22. The van der Waals surface area contributed by atoms with Gasteiger partial charge in [0.1, 0.15) is 0 Å². The molecular weight excluding hydrogens is 141 g/mol. The van der Waals surface area contributed by atoms with E-state index in [1.165, 1.54) is 7.05 Å². The van der Waals surface area contributed by atoms with Crippen LogP contribution in [0, 0.1) is 0 Å². The van der Waals surface area contributed by atoms with Crippen LogP contribution in [-0.4, -0.2) is 12.1 Å². The Morgan fingerprint density at radius 3 is 3.00 bits per heavy atom. The Hall–Kier alpha value is -1.45. The van der Waals surface area contributed by atoms with E-state index in [0.29, 0.717) is 11.0 Å². The number of fused-ring (bicyclic) bond motifs is 1. The summed E-state index contributed by atoms with van der Waals surface area (Å²) in [5.74, 6) is 0. The predicted molar refractivity (Wildman–Crippen MR) is 41.6 cm³/mol. The molecule has 0 saturated carbocycles. The number of benzene rings is 1. The first kappa shape index (κ1) is 6.28. The van der Waals surface area contributed by atoms with Crippen LogP contribution in [0.4, 0.5) is 0 Å². The zero-order valence-electron chi connectivity index (χ0n) is 5.65. The van der Waals surface area contributed by atoms with Crippen LogP contribution in [0.1, 0.15) is 0 Å². The molecule has 1 aromatic carbocycles. The fourth-order valence-electron chi connectivity index (χ4n) is 0.950. The molecule has 0 unspecified atom stereocenters. The number of nitrogens with zero attached hydrogens (tertiary/aromatic N) is 1. The molecule has 0 bridgehead atoms. The summed E-state index contributed by atoms with van der Waals surface area (Å²) in [6, 6.07) is 7.01. The fraction of sp³-hybridized carbons (Fsp3) is 0. The first-order valence-corrected chi connectivity index (χ1v) is 3.22. The van der Waals surface area contributed by atoms with Crippen LogP contribution in [0.5, 0.6) is 0 Å². The van der Waals surface area contributed by atoms with Crippen LogP contribution in [-0.2, 0) is 0 Å². The molecule has 3 nitrogen and oxygen atoms in total. The van der Waals surface area contributed by atoms with Gasteiger partial charge in [-0.05, 0) is 0 Å². The van der Waals surface area contributed by atoms with Gasteiger partial charge < -0.3 is 0 Å². The van der Waals surface area contributed by atoms with Gasteiger partial charge in [0.05, 0.1) is 0 Å². The number of para-hydroxylation sites is 1. The molecule has 0 radical (unpaired) electrons. The second kappa shape index (κ2) is 2.30. The van der Waals surface area contributed by atoms with Crippen molar-refractivity contribution >= 4 is 18.0 Å². The van der Waals surface area contributed by atoms with E-state index in [1.54, 1.807) is 24.3 Å². The van der Waals surface area contributed by atoms with Crippen molar-refractivity contribution < 1.29 is 4.52 Å². The molecule has 0 amide bonds. The van der Waals surface area contributed by atoms with Gasteiger partial charge in [-0.1, -0.05) is 0 Å². The minimum absolute atomic E-state index is 0.105. The van der Waals surface area contributed by atoms with Crippen molar-refractivity contribution in [3.63, 3.8) is 0 Å². The topological polar surface area (TPSA) is 43.1 Å². The van der Waals surface area contributed by atoms with Gasteiger partial charge in [0.15, 0.2) is 0 Å². The van der Waals surface area contributed by atoms with E-state index in [1.807, 2.05) is 0 Å². The SMILES string of the molecule is O=c1bnoc2ccccc12. The molecule has 0 aliphatic rings. The fourth-order valence-corrected chi connectivity index (χ4v) is 0.950. The monoisotopic (exact) mass is 145 g/mol. The molecule has 11 heavy (non-hydrogen) atoms. The van der Waals surface area contributed by atoms with Crippen LogP contribution >= 0.6 is 0 Å². The average Bonchev–Trinajstić information content (AvgIpc) is 2.06. The molecule has 0 saturated heterocycles. The van der Waals surface area contributed by atoms with Crippen LogP contribution in [0.15, 0.2) is 33.6 Å². The van der Waals surface area contributed by atoms with Gasteiger partial charge in [-0.2, -0.15) is 0 Å². The molecule has 1 aromatic heterocycles. The third-order valence-corrected chi connectivity index (χ3v) is 1.47. The van der Waals surface area contributed by atoms with E-state index in [0.717, 1.165) is 0 Å². The van der Waals surface area contributed by atoms with Crippen molar-refractivity contribution in [1.29, 1.82) is 0 Å². The Bertz CT molecular complexity index is 432. The summed E-state index contributed by atoms with van der Waals surface area (Å²) in [7, 11) is 1.17. The van der Waals surface area contributed by atoms with E-state index in [-0.39, 0.29) is 5.32 Å². The van der Waals surface area contributed by atoms with Gasteiger partial charge in [-0.25, -0.2) is 0 Å². The van der Waals surface area contributed by atoms with Crippen molar-refractivity contribution in [2.24, 2.45) is 0 Å². The quantitative estimate of drug-likeness (QED) is 0.542. The molecule has 0 aliphatic carbocycles. The third-order valence-electron chi connectivity index (χ3n) is 1.47. The zero-order chi connectivity index (χ0) is 7.68. The average molecular weight is 145 g/mol. The standard InChI is InChI=1S/C7H4BNO2/c10-7-5-3-1-2-4-6(5)11-9-8-7/h1-4H. The van der Waals surface area contributed by atoms with E-state index < -0.39 is 0 Å². The first-order chi connectivity index (χ1) is 5.38. The predicted octanol–water partition coefficient (Wildman–Crippen LogP) is 0.526.